The Balaban J connectivity index is 1.57. The number of nitrogens with one attached hydrogen (secondary N) is 2. The van der Waals surface area contributed by atoms with Gasteiger partial charge in [0.2, 0.25) is 0 Å². The lowest BCUT2D eigenvalue weighted by Gasteiger charge is -2.21. The molecule has 1 aliphatic rings. The molecule has 0 spiro atoms. The highest BCUT2D eigenvalue weighted by Gasteiger charge is 2.26. The first-order valence-electron chi connectivity index (χ1n) is 8.45. The number of aromatic nitrogens is 3. The van der Waals surface area contributed by atoms with Crippen molar-refractivity contribution in [2.45, 2.75) is 45.2 Å². The Morgan fingerprint density at radius 2 is 2.20 bits per heavy atom. The van der Waals surface area contributed by atoms with Gasteiger partial charge < -0.3 is 5.32 Å². The van der Waals surface area contributed by atoms with Crippen LogP contribution in [0, 0.1) is 10.1 Å². The topological polar surface area (TPSA) is 100.0 Å². The van der Waals surface area contributed by atoms with E-state index in [4.69, 9.17) is 0 Å². The van der Waals surface area contributed by atoms with Crippen molar-refractivity contribution in [3.8, 4) is 0 Å². The number of nitrogens with zero attached hydrogens (tertiary/aromatic N) is 4. The number of nitro groups is 1. The molecule has 2 N–H and O–H groups in total. The van der Waals surface area contributed by atoms with Crippen LogP contribution in [0.15, 0.2) is 24.5 Å². The maximum atomic E-state index is 10.7. The fourth-order valence-corrected chi connectivity index (χ4v) is 3.20. The van der Waals surface area contributed by atoms with Crippen LogP contribution in [-0.4, -0.2) is 44.1 Å². The van der Waals surface area contributed by atoms with Gasteiger partial charge in [-0.3, -0.25) is 20.1 Å². The number of hydrogen-bond donors (Lipinski definition) is 2. The summed E-state index contributed by atoms with van der Waals surface area (Å²) >= 11 is 0. The van der Waals surface area contributed by atoms with Crippen molar-refractivity contribution in [1.29, 1.82) is 0 Å². The molecule has 2 aromatic rings. The highest BCUT2D eigenvalue weighted by molar-refractivity contribution is 5.41. The lowest BCUT2D eigenvalue weighted by atomic mass is 9.89. The Morgan fingerprint density at radius 1 is 1.40 bits per heavy atom. The zero-order chi connectivity index (χ0) is 18.0. The molecule has 3 heterocycles. The first-order valence-corrected chi connectivity index (χ1v) is 8.45. The van der Waals surface area contributed by atoms with E-state index in [1.54, 1.807) is 6.07 Å². The summed E-state index contributed by atoms with van der Waals surface area (Å²) in [5, 5.41) is 21.4. The van der Waals surface area contributed by atoms with Crippen molar-refractivity contribution in [3.05, 3.63) is 45.9 Å². The Bertz CT molecular complexity index is 734. The third-order valence-electron chi connectivity index (χ3n) is 4.44. The highest BCUT2D eigenvalue weighted by atomic mass is 16.6. The van der Waals surface area contributed by atoms with Crippen LogP contribution in [0.5, 0.6) is 0 Å². The highest BCUT2D eigenvalue weighted by Crippen LogP contribution is 2.26. The standard InChI is InChI=1S/C17H24N6O2/c1-17(2,3)16-12(8-19-21-16)10-22-7-6-13(11-22)20-15-5-4-14(9-18-15)23(24)25/h4-5,8-9,13H,6-7,10-11H2,1-3H3,(H,18,20)(H,19,21)/t13-/m0/s1. The van der Waals surface area contributed by atoms with Crippen LogP contribution in [0.3, 0.4) is 0 Å². The number of H-pyrrole nitrogens is 1. The van der Waals surface area contributed by atoms with Crippen LogP contribution in [0.1, 0.15) is 38.4 Å². The van der Waals surface area contributed by atoms with E-state index in [2.05, 4.69) is 46.2 Å². The fourth-order valence-electron chi connectivity index (χ4n) is 3.20. The van der Waals surface area contributed by atoms with E-state index in [1.807, 2.05) is 6.20 Å². The van der Waals surface area contributed by atoms with Crippen molar-refractivity contribution >= 4 is 11.5 Å². The lowest BCUT2D eigenvalue weighted by molar-refractivity contribution is -0.385. The summed E-state index contributed by atoms with van der Waals surface area (Å²) in [4.78, 5) is 16.8. The molecular weight excluding hydrogens is 320 g/mol. The smallest absolute Gasteiger partial charge is 0.287 e. The van der Waals surface area contributed by atoms with Gasteiger partial charge in [-0.15, -0.1) is 0 Å². The van der Waals surface area contributed by atoms with E-state index in [0.29, 0.717) is 11.9 Å². The summed E-state index contributed by atoms with van der Waals surface area (Å²) in [6, 6.07) is 3.43. The van der Waals surface area contributed by atoms with Gasteiger partial charge in [0.05, 0.1) is 11.1 Å². The molecule has 1 saturated heterocycles. The molecule has 0 saturated carbocycles. The van der Waals surface area contributed by atoms with Crippen LogP contribution in [0.2, 0.25) is 0 Å². The first kappa shape index (κ1) is 17.3. The van der Waals surface area contributed by atoms with Crippen molar-refractivity contribution in [3.63, 3.8) is 0 Å². The zero-order valence-corrected chi connectivity index (χ0v) is 14.8. The number of pyridine rings is 1. The van der Waals surface area contributed by atoms with E-state index >= 15 is 0 Å². The van der Waals surface area contributed by atoms with Gasteiger partial charge in [-0.2, -0.15) is 5.10 Å². The SMILES string of the molecule is CC(C)(C)c1[nH]ncc1CN1CC[C@H](Nc2ccc([N+](=O)[O-])cn2)C1. The van der Waals surface area contributed by atoms with Crippen LogP contribution < -0.4 is 5.32 Å². The molecule has 2 aromatic heterocycles. The second-order valence-electron chi connectivity index (χ2n) is 7.54. The predicted octanol–water partition coefficient (Wildman–Crippen LogP) is 2.70. The lowest BCUT2D eigenvalue weighted by Crippen LogP contribution is -2.27. The van der Waals surface area contributed by atoms with Crippen molar-refractivity contribution < 1.29 is 4.92 Å². The zero-order valence-electron chi connectivity index (χ0n) is 14.8. The van der Waals surface area contributed by atoms with Crippen LogP contribution >= 0.6 is 0 Å². The minimum atomic E-state index is -0.439. The average Bonchev–Trinajstić information content (AvgIpc) is 3.17. The van der Waals surface area contributed by atoms with Crippen LogP contribution in [-0.2, 0) is 12.0 Å². The van der Waals surface area contributed by atoms with E-state index in [-0.39, 0.29) is 11.1 Å². The predicted molar refractivity (Wildman–Crippen MR) is 95.5 cm³/mol. The largest absolute Gasteiger partial charge is 0.366 e. The quantitative estimate of drug-likeness (QED) is 0.639. The number of likely N-dealkylation sites (tertiary alicyclic amines) is 1. The van der Waals surface area contributed by atoms with Crippen molar-refractivity contribution in [1.82, 2.24) is 20.1 Å². The van der Waals surface area contributed by atoms with E-state index in [1.165, 1.54) is 23.5 Å². The molecule has 134 valence electrons. The molecule has 1 aliphatic heterocycles. The van der Waals surface area contributed by atoms with Gasteiger partial charge in [-0.05, 0) is 12.5 Å². The summed E-state index contributed by atoms with van der Waals surface area (Å²) in [5.74, 6) is 0.677. The molecule has 0 aromatic carbocycles. The van der Waals surface area contributed by atoms with Gasteiger partial charge in [0.15, 0.2) is 0 Å². The molecule has 0 aliphatic carbocycles. The summed E-state index contributed by atoms with van der Waals surface area (Å²) in [6.07, 6.45) is 4.22. The molecule has 0 bridgehead atoms. The monoisotopic (exact) mass is 344 g/mol. The van der Waals surface area contributed by atoms with Gasteiger partial charge >= 0.3 is 0 Å². The summed E-state index contributed by atoms with van der Waals surface area (Å²) in [7, 11) is 0. The third-order valence-corrected chi connectivity index (χ3v) is 4.44. The molecule has 1 atom stereocenters. The van der Waals surface area contributed by atoms with Crippen LogP contribution in [0.25, 0.3) is 0 Å². The minimum absolute atomic E-state index is 0.00765. The maximum Gasteiger partial charge on any atom is 0.287 e. The van der Waals surface area contributed by atoms with Crippen molar-refractivity contribution in [2.75, 3.05) is 18.4 Å². The fraction of sp³-hybridized carbons (Fsp3) is 0.529. The first-order chi connectivity index (χ1) is 11.8. The van der Waals surface area contributed by atoms with Gasteiger partial charge in [-0.25, -0.2) is 4.98 Å². The molecule has 1 fully saturated rings. The molecule has 8 nitrogen and oxygen atoms in total. The summed E-state index contributed by atoms with van der Waals surface area (Å²) < 4.78 is 0. The second-order valence-corrected chi connectivity index (χ2v) is 7.54. The molecule has 0 unspecified atom stereocenters. The van der Waals surface area contributed by atoms with Crippen LogP contribution in [0.4, 0.5) is 11.5 Å². The number of aromatic amines is 1. The van der Waals surface area contributed by atoms with E-state index in [9.17, 15) is 10.1 Å². The molecule has 3 rings (SSSR count). The summed E-state index contributed by atoms with van der Waals surface area (Å²) in [5.41, 5.74) is 2.47. The number of hydrogen-bond acceptors (Lipinski definition) is 6. The average molecular weight is 344 g/mol. The van der Waals surface area contributed by atoms with Crippen molar-refractivity contribution in [2.24, 2.45) is 0 Å². The molecule has 0 radical (unpaired) electrons. The van der Waals surface area contributed by atoms with Gasteiger partial charge in [0, 0.05) is 48.4 Å². The van der Waals surface area contributed by atoms with Gasteiger partial charge in [-0.1, -0.05) is 20.8 Å². The Labute approximate surface area is 146 Å². The number of rotatable bonds is 5. The molecule has 0 amide bonds. The molecular formula is C17H24N6O2. The summed E-state index contributed by atoms with van der Waals surface area (Å²) in [6.45, 7) is 9.32. The Morgan fingerprint density at radius 3 is 2.84 bits per heavy atom. The van der Waals surface area contributed by atoms with Gasteiger partial charge in [0.25, 0.3) is 5.69 Å². The normalized spacial score (nSPS) is 18.4. The molecule has 25 heavy (non-hydrogen) atoms. The Kier molecular flexibility index (Phi) is 4.71. The Hall–Kier alpha value is -2.48. The minimum Gasteiger partial charge on any atom is -0.366 e. The maximum absolute atomic E-state index is 10.7. The van der Waals surface area contributed by atoms with Gasteiger partial charge in [0.1, 0.15) is 12.0 Å². The second kappa shape index (κ2) is 6.79. The third kappa shape index (κ3) is 4.14. The molecule has 8 heteroatoms. The van der Waals surface area contributed by atoms with E-state index < -0.39 is 4.92 Å². The van der Waals surface area contributed by atoms with E-state index in [0.717, 1.165) is 26.1 Å². The number of anilines is 1.